The van der Waals surface area contributed by atoms with Crippen LogP contribution in [0.1, 0.15) is 41.4 Å². The molecule has 4 heterocycles. The third-order valence-corrected chi connectivity index (χ3v) is 5.07. The van der Waals surface area contributed by atoms with Crippen LogP contribution in [0, 0.1) is 0 Å². The third kappa shape index (κ3) is 2.93. The van der Waals surface area contributed by atoms with Gasteiger partial charge in [0.2, 0.25) is 23.1 Å². The number of pyridine rings is 4. The summed E-state index contributed by atoms with van der Waals surface area (Å²) in [5.74, 6) is -2.04. The Kier molecular flexibility index (Phi) is 4.52. The highest BCUT2D eigenvalue weighted by Crippen LogP contribution is 2.30. The molecule has 32 heavy (non-hydrogen) atoms. The Morgan fingerprint density at radius 2 is 0.594 bits per heavy atom. The van der Waals surface area contributed by atoms with Gasteiger partial charge in [0, 0.05) is 24.8 Å². The summed E-state index contributed by atoms with van der Waals surface area (Å²) in [6, 6.07) is 12.9. The van der Waals surface area contributed by atoms with Crippen molar-refractivity contribution in [3.8, 4) is 22.8 Å². The van der Waals surface area contributed by atoms with Crippen molar-refractivity contribution < 1.29 is 19.2 Å². The van der Waals surface area contributed by atoms with Gasteiger partial charge in [-0.15, -0.1) is 0 Å². The maximum atomic E-state index is 11.8. The summed E-state index contributed by atoms with van der Waals surface area (Å²) < 4.78 is 0. The number of rotatable bonds is 0. The van der Waals surface area contributed by atoms with Crippen molar-refractivity contribution in [3.05, 3.63) is 95.6 Å². The molecule has 6 rings (SSSR count). The molecular formula is C24H12N4O4. The molecule has 0 saturated heterocycles. The van der Waals surface area contributed by atoms with E-state index < -0.39 is 23.1 Å². The van der Waals surface area contributed by atoms with E-state index in [1.54, 1.807) is 73.3 Å². The summed E-state index contributed by atoms with van der Waals surface area (Å²) in [5.41, 5.74) is 3.28. The molecule has 0 aromatic carbocycles. The maximum Gasteiger partial charge on any atom is 0.235 e. The fraction of sp³-hybridized carbons (Fsp3) is 0. The summed E-state index contributed by atoms with van der Waals surface area (Å²) >= 11 is 0. The fourth-order valence-electron chi connectivity index (χ4n) is 3.60. The van der Waals surface area contributed by atoms with Gasteiger partial charge in [0.15, 0.2) is 0 Å². The van der Waals surface area contributed by atoms with Gasteiger partial charge >= 0.3 is 0 Å². The second kappa shape index (κ2) is 7.51. The molecule has 4 aromatic rings. The number of aromatic nitrogens is 4. The Labute approximate surface area is 181 Å². The molecule has 0 fully saturated rings. The number of hydrogen-bond acceptors (Lipinski definition) is 8. The molecule has 0 atom stereocenters. The lowest BCUT2D eigenvalue weighted by Crippen LogP contribution is -2.22. The molecule has 0 saturated carbocycles. The van der Waals surface area contributed by atoms with Gasteiger partial charge in [-0.25, -0.2) is 0 Å². The summed E-state index contributed by atoms with van der Waals surface area (Å²) in [4.78, 5) is 63.5. The maximum absolute atomic E-state index is 11.8. The Hall–Kier alpha value is -4.72. The van der Waals surface area contributed by atoms with E-state index in [-0.39, 0.29) is 0 Å². The Balaban J connectivity index is 0.000000135. The molecule has 2 aliphatic carbocycles. The molecule has 0 radical (unpaired) electrons. The van der Waals surface area contributed by atoms with Crippen LogP contribution >= 0.6 is 0 Å². The van der Waals surface area contributed by atoms with Crippen molar-refractivity contribution in [1.82, 2.24) is 19.9 Å². The van der Waals surface area contributed by atoms with Gasteiger partial charge < -0.3 is 0 Å². The number of fused-ring (bicyclic) bond motifs is 6. The number of hydrogen-bond donors (Lipinski definition) is 0. The smallest absolute Gasteiger partial charge is 0.235 e. The average molecular weight is 420 g/mol. The van der Waals surface area contributed by atoms with Crippen LogP contribution in [0.3, 0.4) is 0 Å². The van der Waals surface area contributed by atoms with Crippen LogP contribution < -0.4 is 0 Å². The number of nitrogens with zero attached hydrogens (tertiary/aromatic N) is 4. The van der Waals surface area contributed by atoms with E-state index in [4.69, 9.17) is 0 Å². The van der Waals surface area contributed by atoms with E-state index in [1.165, 1.54) is 0 Å². The van der Waals surface area contributed by atoms with Crippen LogP contribution in [0.2, 0.25) is 0 Å². The van der Waals surface area contributed by atoms with E-state index in [2.05, 4.69) is 19.9 Å². The Bertz CT molecular complexity index is 1240. The molecule has 8 heteroatoms. The Morgan fingerprint density at radius 3 is 0.812 bits per heavy atom. The van der Waals surface area contributed by atoms with E-state index in [0.29, 0.717) is 45.0 Å². The molecule has 152 valence electrons. The van der Waals surface area contributed by atoms with Crippen molar-refractivity contribution in [2.24, 2.45) is 0 Å². The number of ketones is 4. The zero-order valence-corrected chi connectivity index (χ0v) is 16.4. The second-order valence-corrected chi connectivity index (χ2v) is 6.91. The normalized spacial score (nSPS) is 13.2. The zero-order valence-electron chi connectivity index (χ0n) is 16.4. The minimum Gasteiger partial charge on any atom is -0.285 e. The number of carbonyl (C=O) groups is 4. The van der Waals surface area contributed by atoms with E-state index in [1.807, 2.05) is 0 Å². The quantitative estimate of drug-likeness (QED) is 0.398. The first-order valence-corrected chi connectivity index (χ1v) is 9.57. The molecule has 0 spiro atoms. The van der Waals surface area contributed by atoms with Gasteiger partial charge in [0.1, 0.15) is 22.8 Å². The molecule has 2 aliphatic rings. The van der Waals surface area contributed by atoms with Crippen LogP contribution in [0.25, 0.3) is 22.8 Å². The molecule has 8 nitrogen and oxygen atoms in total. The van der Waals surface area contributed by atoms with Crippen LogP contribution in [0.5, 0.6) is 0 Å². The first-order valence-electron chi connectivity index (χ1n) is 9.57. The third-order valence-electron chi connectivity index (χ3n) is 5.07. The van der Waals surface area contributed by atoms with Crippen LogP contribution in [-0.4, -0.2) is 43.1 Å². The van der Waals surface area contributed by atoms with Gasteiger partial charge in [0.25, 0.3) is 0 Å². The van der Waals surface area contributed by atoms with Crippen molar-refractivity contribution in [2.75, 3.05) is 0 Å². The lowest BCUT2D eigenvalue weighted by Gasteiger charge is -2.14. The van der Waals surface area contributed by atoms with E-state index in [9.17, 15) is 19.2 Å². The van der Waals surface area contributed by atoms with Crippen molar-refractivity contribution in [1.29, 1.82) is 0 Å². The predicted molar refractivity (Wildman–Crippen MR) is 112 cm³/mol. The molecule has 4 aromatic heterocycles. The highest BCUT2D eigenvalue weighted by molar-refractivity contribution is 6.53. The summed E-state index contributed by atoms with van der Waals surface area (Å²) in [6.45, 7) is 0. The van der Waals surface area contributed by atoms with E-state index >= 15 is 0 Å². The summed E-state index contributed by atoms with van der Waals surface area (Å²) in [7, 11) is 0. The van der Waals surface area contributed by atoms with Gasteiger partial charge in [-0.05, 0) is 48.5 Å². The van der Waals surface area contributed by atoms with Gasteiger partial charge in [-0.1, -0.05) is 0 Å². The van der Waals surface area contributed by atoms with Crippen molar-refractivity contribution in [2.45, 2.75) is 0 Å². The standard InChI is InChI=1S/2C12H6N2O2/c2*15-11-7-3-1-5-13-9(7)10-8(12(11)16)4-2-6-14-10/h2*1-6H. The lowest BCUT2D eigenvalue weighted by molar-refractivity contribution is 0.0814. The number of Topliss-reactive ketones (excluding diaryl/α,β-unsaturated/α-hetero) is 4. The highest BCUT2D eigenvalue weighted by atomic mass is 16.2. The first-order chi connectivity index (χ1) is 15.6. The predicted octanol–water partition coefficient (Wildman–Crippen LogP) is 3.05. The average Bonchev–Trinajstić information content (AvgIpc) is 2.86. The second-order valence-electron chi connectivity index (χ2n) is 6.91. The molecule has 0 aliphatic heterocycles. The largest absolute Gasteiger partial charge is 0.285 e. The Morgan fingerprint density at radius 1 is 0.375 bits per heavy atom. The molecule has 0 unspecified atom stereocenters. The molecular weight excluding hydrogens is 408 g/mol. The van der Waals surface area contributed by atoms with Gasteiger partial charge in [0.05, 0.1) is 22.3 Å². The van der Waals surface area contributed by atoms with Gasteiger partial charge in [-0.3, -0.25) is 39.1 Å². The monoisotopic (exact) mass is 420 g/mol. The highest BCUT2D eigenvalue weighted by Gasteiger charge is 2.32. The van der Waals surface area contributed by atoms with Crippen molar-refractivity contribution in [3.63, 3.8) is 0 Å². The van der Waals surface area contributed by atoms with Crippen LogP contribution in [0.15, 0.2) is 73.3 Å². The number of carbonyl (C=O) groups excluding carboxylic acids is 4. The molecule has 0 amide bonds. The molecule has 0 N–H and O–H groups in total. The van der Waals surface area contributed by atoms with Gasteiger partial charge in [-0.2, -0.15) is 0 Å². The topological polar surface area (TPSA) is 120 Å². The van der Waals surface area contributed by atoms with E-state index in [0.717, 1.165) is 0 Å². The zero-order chi connectivity index (χ0) is 22.2. The fourth-order valence-corrected chi connectivity index (χ4v) is 3.60. The summed E-state index contributed by atoms with van der Waals surface area (Å²) in [5, 5.41) is 0. The SMILES string of the molecule is O=C1C(=O)c2cccnc2-c2ncccc21.O=C1C(=O)c2cccnc2-c2ncccc21. The van der Waals surface area contributed by atoms with Crippen LogP contribution in [-0.2, 0) is 0 Å². The van der Waals surface area contributed by atoms with Crippen LogP contribution in [0.4, 0.5) is 0 Å². The summed E-state index contributed by atoms with van der Waals surface area (Å²) in [6.07, 6.45) is 6.33. The first kappa shape index (κ1) is 19.3. The molecule has 0 bridgehead atoms. The minimum absolute atomic E-state index is 0.332. The van der Waals surface area contributed by atoms with Crippen molar-refractivity contribution >= 4 is 23.1 Å². The minimum atomic E-state index is -0.511. The lowest BCUT2D eigenvalue weighted by atomic mass is 9.91.